The van der Waals surface area contributed by atoms with E-state index in [-0.39, 0.29) is 6.61 Å². The molecule has 0 spiro atoms. The fourth-order valence-electron chi connectivity index (χ4n) is 0.808. The van der Waals surface area contributed by atoms with Crippen molar-refractivity contribution < 1.29 is 5.11 Å². The van der Waals surface area contributed by atoms with Gasteiger partial charge in [-0.2, -0.15) is 0 Å². The van der Waals surface area contributed by atoms with E-state index in [1.54, 1.807) is 18.2 Å². The molecule has 0 aliphatic heterocycles. The first-order chi connectivity index (χ1) is 4.75. The number of benzene rings is 1. The summed E-state index contributed by atoms with van der Waals surface area (Å²) in [7, 11) is 0. The summed E-state index contributed by atoms with van der Waals surface area (Å²) in [5.74, 6) is 0. The zero-order valence-electron chi connectivity index (χ0n) is 5.73. The summed E-state index contributed by atoms with van der Waals surface area (Å²) >= 11 is 5.75. The summed E-state index contributed by atoms with van der Waals surface area (Å²) in [6, 6.07) is 5.38. The molecular formula is C8H8ClO. The van der Waals surface area contributed by atoms with Crippen LogP contribution in [0.1, 0.15) is 11.1 Å². The van der Waals surface area contributed by atoms with E-state index in [2.05, 4.69) is 0 Å². The topological polar surface area (TPSA) is 19.9 Å². The van der Waals surface area contributed by atoms with Gasteiger partial charge in [-0.1, -0.05) is 23.7 Å². The third-order valence-electron chi connectivity index (χ3n) is 1.54. The fourth-order valence-corrected chi connectivity index (χ4v) is 1.00. The Morgan fingerprint density at radius 3 is 2.70 bits per heavy atom. The van der Waals surface area contributed by atoms with Crippen molar-refractivity contribution in [3.8, 4) is 0 Å². The van der Waals surface area contributed by atoms with Gasteiger partial charge >= 0.3 is 0 Å². The molecule has 0 saturated carbocycles. The highest BCUT2D eigenvalue weighted by atomic mass is 35.5. The van der Waals surface area contributed by atoms with Crippen LogP contribution in [0.3, 0.4) is 0 Å². The first-order valence-corrected chi connectivity index (χ1v) is 3.45. The smallest absolute Gasteiger partial charge is 0.108 e. The van der Waals surface area contributed by atoms with E-state index in [1.165, 1.54) is 0 Å². The Balaban J connectivity index is 3.14. The molecule has 53 valence electrons. The van der Waals surface area contributed by atoms with Crippen LogP contribution < -0.4 is 0 Å². The highest BCUT2D eigenvalue weighted by Gasteiger charge is 1.99. The van der Waals surface area contributed by atoms with Gasteiger partial charge in [0, 0.05) is 5.02 Å². The van der Waals surface area contributed by atoms with Crippen LogP contribution in [-0.2, 0) is 11.7 Å². The van der Waals surface area contributed by atoms with Crippen molar-refractivity contribution in [3.05, 3.63) is 34.3 Å². The van der Waals surface area contributed by atoms with E-state index in [9.17, 15) is 5.11 Å². The molecule has 0 N–H and O–H groups in total. The maximum atomic E-state index is 10.4. The van der Waals surface area contributed by atoms with Crippen LogP contribution in [0.15, 0.2) is 18.2 Å². The summed E-state index contributed by atoms with van der Waals surface area (Å²) in [5, 5.41) is 11.1. The van der Waals surface area contributed by atoms with Gasteiger partial charge in [-0.25, -0.2) is 5.11 Å². The van der Waals surface area contributed by atoms with Crippen LogP contribution in [0.4, 0.5) is 0 Å². The average molecular weight is 156 g/mol. The predicted molar refractivity (Wildman–Crippen MR) is 40.6 cm³/mol. The Bertz CT molecular complexity index is 233. The summed E-state index contributed by atoms with van der Waals surface area (Å²) in [6.45, 7) is 1.67. The number of halogens is 1. The Labute approximate surface area is 65.3 Å². The van der Waals surface area contributed by atoms with Gasteiger partial charge in [0.15, 0.2) is 0 Å². The van der Waals surface area contributed by atoms with Crippen LogP contribution in [0.5, 0.6) is 0 Å². The zero-order chi connectivity index (χ0) is 7.56. The zero-order valence-corrected chi connectivity index (χ0v) is 6.48. The van der Waals surface area contributed by atoms with E-state index >= 15 is 0 Å². The minimum absolute atomic E-state index is 0.188. The molecule has 0 aliphatic carbocycles. The molecular weight excluding hydrogens is 148 g/mol. The molecule has 0 heterocycles. The molecule has 0 aromatic heterocycles. The molecule has 1 radical (unpaired) electrons. The van der Waals surface area contributed by atoms with Crippen LogP contribution in [-0.4, -0.2) is 0 Å². The third-order valence-corrected chi connectivity index (χ3v) is 1.94. The SMILES string of the molecule is Cc1c(Cl)cccc1C[O]. The molecule has 1 aromatic rings. The Morgan fingerprint density at radius 1 is 1.50 bits per heavy atom. The number of hydrogen-bond acceptors (Lipinski definition) is 0. The molecule has 0 bridgehead atoms. The first-order valence-electron chi connectivity index (χ1n) is 3.08. The lowest BCUT2D eigenvalue weighted by molar-refractivity contribution is 0.177. The fraction of sp³-hybridized carbons (Fsp3) is 0.250. The van der Waals surface area contributed by atoms with Crippen molar-refractivity contribution in [2.75, 3.05) is 0 Å². The lowest BCUT2D eigenvalue weighted by atomic mass is 10.1. The number of hydrogen-bond donors (Lipinski definition) is 0. The summed E-state index contributed by atoms with van der Waals surface area (Å²) in [4.78, 5) is 0. The van der Waals surface area contributed by atoms with Gasteiger partial charge in [0.2, 0.25) is 0 Å². The maximum absolute atomic E-state index is 10.4. The van der Waals surface area contributed by atoms with E-state index in [0.717, 1.165) is 11.1 Å². The minimum Gasteiger partial charge on any atom is -0.232 e. The largest absolute Gasteiger partial charge is 0.232 e. The minimum atomic E-state index is -0.188. The molecule has 0 saturated heterocycles. The van der Waals surface area contributed by atoms with Gasteiger partial charge in [-0.05, 0) is 24.1 Å². The second-order valence-corrected chi connectivity index (χ2v) is 2.58. The molecule has 1 rings (SSSR count). The molecule has 0 atom stereocenters. The quantitative estimate of drug-likeness (QED) is 0.594. The summed E-state index contributed by atoms with van der Waals surface area (Å²) < 4.78 is 0. The monoisotopic (exact) mass is 155 g/mol. The molecule has 0 amide bonds. The van der Waals surface area contributed by atoms with Crippen molar-refractivity contribution in [2.45, 2.75) is 13.5 Å². The Hall–Kier alpha value is -0.530. The molecule has 1 nitrogen and oxygen atoms in total. The van der Waals surface area contributed by atoms with Gasteiger partial charge < -0.3 is 0 Å². The van der Waals surface area contributed by atoms with Crippen LogP contribution in [0.2, 0.25) is 5.02 Å². The molecule has 0 aliphatic rings. The lowest BCUT2D eigenvalue weighted by Crippen LogP contribution is -1.86. The Kier molecular flexibility index (Phi) is 2.30. The Morgan fingerprint density at radius 2 is 2.20 bits per heavy atom. The van der Waals surface area contributed by atoms with Crippen LogP contribution in [0, 0.1) is 6.92 Å². The normalized spacial score (nSPS) is 9.90. The lowest BCUT2D eigenvalue weighted by Gasteiger charge is -2.01. The summed E-state index contributed by atoms with van der Waals surface area (Å²) in [5.41, 5.74) is 1.69. The van der Waals surface area contributed by atoms with Gasteiger partial charge in [-0.3, -0.25) is 0 Å². The molecule has 10 heavy (non-hydrogen) atoms. The third kappa shape index (κ3) is 1.31. The van der Waals surface area contributed by atoms with Gasteiger partial charge in [0.25, 0.3) is 0 Å². The molecule has 1 aromatic carbocycles. The summed E-state index contributed by atoms with van der Waals surface area (Å²) in [6.07, 6.45) is 0. The maximum Gasteiger partial charge on any atom is 0.108 e. The molecule has 0 unspecified atom stereocenters. The second-order valence-electron chi connectivity index (χ2n) is 2.17. The van der Waals surface area contributed by atoms with E-state index in [0.29, 0.717) is 5.02 Å². The van der Waals surface area contributed by atoms with Gasteiger partial charge in [-0.15, -0.1) is 0 Å². The highest BCUT2D eigenvalue weighted by molar-refractivity contribution is 6.31. The van der Waals surface area contributed by atoms with Crippen molar-refractivity contribution in [2.24, 2.45) is 0 Å². The van der Waals surface area contributed by atoms with Gasteiger partial charge in [0.05, 0.1) is 0 Å². The van der Waals surface area contributed by atoms with E-state index < -0.39 is 0 Å². The van der Waals surface area contributed by atoms with Crippen LogP contribution in [0.25, 0.3) is 0 Å². The second kappa shape index (κ2) is 3.04. The molecule has 0 fully saturated rings. The highest BCUT2D eigenvalue weighted by Crippen LogP contribution is 2.18. The first kappa shape index (κ1) is 7.58. The average Bonchev–Trinajstić information content (AvgIpc) is 1.95. The standard InChI is InChI=1S/C8H8ClO/c1-6-7(5-10)3-2-4-8(6)9/h2-4H,5H2,1H3. The van der Waals surface area contributed by atoms with Crippen molar-refractivity contribution in [3.63, 3.8) is 0 Å². The number of rotatable bonds is 1. The van der Waals surface area contributed by atoms with Crippen molar-refractivity contribution in [1.82, 2.24) is 0 Å². The van der Waals surface area contributed by atoms with Crippen LogP contribution >= 0.6 is 11.6 Å². The van der Waals surface area contributed by atoms with E-state index in [4.69, 9.17) is 11.6 Å². The van der Waals surface area contributed by atoms with E-state index in [1.807, 2.05) is 6.92 Å². The van der Waals surface area contributed by atoms with Gasteiger partial charge in [0.1, 0.15) is 6.61 Å². The molecule has 2 heteroatoms. The van der Waals surface area contributed by atoms with Crippen molar-refractivity contribution >= 4 is 11.6 Å². The van der Waals surface area contributed by atoms with Crippen molar-refractivity contribution in [1.29, 1.82) is 0 Å². The predicted octanol–water partition coefficient (Wildman–Crippen LogP) is 2.58.